The van der Waals surface area contributed by atoms with E-state index in [1.54, 1.807) is 0 Å². The summed E-state index contributed by atoms with van der Waals surface area (Å²) in [5.74, 6) is 1.66. The predicted molar refractivity (Wildman–Crippen MR) is 64.1 cm³/mol. The largest absolute Gasteiger partial charge is 0.359 e. The molecule has 2 nitrogen and oxygen atoms in total. The summed E-state index contributed by atoms with van der Waals surface area (Å²) < 4.78 is 8.27. The van der Waals surface area contributed by atoms with E-state index in [1.165, 1.54) is 25.0 Å². The Hall–Kier alpha value is -0.760. The summed E-state index contributed by atoms with van der Waals surface area (Å²) in [4.78, 5) is 0. The van der Waals surface area contributed by atoms with Crippen LogP contribution in [0.4, 0.5) is 0 Å². The molecule has 0 spiro atoms. The Bertz CT molecular complexity index is 395. The molecule has 2 heterocycles. The van der Waals surface area contributed by atoms with Gasteiger partial charge in [0.25, 0.3) is 0 Å². The monoisotopic (exact) mass is 219 g/mol. The summed E-state index contributed by atoms with van der Waals surface area (Å²) in [6, 6.07) is 4.34. The molecule has 2 heteroatoms. The van der Waals surface area contributed by atoms with Crippen LogP contribution in [0.3, 0.4) is 0 Å². The highest BCUT2D eigenvalue weighted by molar-refractivity contribution is 5.25. The average Bonchev–Trinajstić information content (AvgIpc) is 2.83. The lowest BCUT2D eigenvalue weighted by Crippen LogP contribution is -2.26. The van der Waals surface area contributed by atoms with Gasteiger partial charge < -0.3 is 9.30 Å². The van der Waals surface area contributed by atoms with E-state index in [2.05, 4.69) is 43.8 Å². The first-order valence-electron chi connectivity index (χ1n) is 6.43. The van der Waals surface area contributed by atoms with Gasteiger partial charge in [-0.15, -0.1) is 0 Å². The minimum Gasteiger partial charge on any atom is -0.359 e. The van der Waals surface area contributed by atoms with Crippen LogP contribution in [0, 0.1) is 11.8 Å². The zero-order chi connectivity index (χ0) is 11.3. The second kappa shape index (κ2) is 3.36. The molecule has 88 valence electrons. The lowest BCUT2D eigenvalue weighted by molar-refractivity contribution is 0.256. The molecule has 0 bridgehead atoms. The van der Waals surface area contributed by atoms with Gasteiger partial charge in [-0.25, -0.2) is 0 Å². The summed E-state index contributed by atoms with van der Waals surface area (Å²) in [7, 11) is 2.12. The van der Waals surface area contributed by atoms with Crippen molar-refractivity contribution >= 4 is 0 Å². The summed E-state index contributed by atoms with van der Waals surface area (Å²) in [5, 5.41) is 0. The van der Waals surface area contributed by atoms with E-state index in [0.717, 1.165) is 11.8 Å². The fraction of sp³-hybridized carbons (Fsp3) is 0.714. The van der Waals surface area contributed by atoms with Crippen LogP contribution in [0.2, 0.25) is 0 Å². The van der Waals surface area contributed by atoms with Gasteiger partial charge in [-0.05, 0) is 43.2 Å². The van der Waals surface area contributed by atoms with Crippen molar-refractivity contribution < 1.29 is 4.74 Å². The fourth-order valence-electron chi connectivity index (χ4n) is 3.33. The fourth-order valence-corrected chi connectivity index (χ4v) is 3.33. The number of hydrogen-bond acceptors (Lipinski definition) is 1. The summed E-state index contributed by atoms with van der Waals surface area (Å²) in [6.07, 6.45) is 6.39. The second-order valence-electron chi connectivity index (χ2n) is 5.78. The number of fused-ring (bicyclic) bond motifs is 1. The van der Waals surface area contributed by atoms with Gasteiger partial charge in [0.2, 0.25) is 0 Å². The number of hydrogen-bond donors (Lipinski definition) is 0. The number of aromatic nitrogens is 1. The van der Waals surface area contributed by atoms with E-state index in [4.69, 9.17) is 4.74 Å². The number of rotatable bonds is 2. The van der Waals surface area contributed by atoms with E-state index < -0.39 is 0 Å². The maximum absolute atomic E-state index is 6.05. The van der Waals surface area contributed by atoms with Crippen molar-refractivity contribution in [3.63, 3.8) is 0 Å². The maximum atomic E-state index is 6.05. The van der Waals surface area contributed by atoms with Gasteiger partial charge in [-0.3, -0.25) is 0 Å². The molecule has 2 fully saturated rings. The molecule has 0 amide bonds. The molecular formula is C14H21NO. The molecule has 1 aromatic rings. The van der Waals surface area contributed by atoms with E-state index in [0.29, 0.717) is 6.10 Å². The molecule has 2 aliphatic rings. The normalized spacial score (nSPS) is 37.5. The van der Waals surface area contributed by atoms with Crippen molar-refractivity contribution in [1.29, 1.82) is 0 Å². The van der Waals surface area contributed by atoms with Crippen LogP contribution in [0.25, 0.3) is 0 Å². The molecular weight excluding hydrogens is 198 g/mol. The molecule has 1 aromatic heterocycles. The Labute approximate surface area is 97.6 Å². The molecule has 0 N–H and O–H groups in total. The number of nitrogens with zero attached hydrogens (tertiary/aromatic N) is 1. The van der Waals surface area contributed by atoms with Gasteiger partial charge in [0.1, 0.15) is 5.60 Å². The third kappa shape index (κ3) is 1.36. The van der Waals surface area contributed by atoms with Crippen LogP contribution in [0.15, 0.2) is 18.3 Å². The second-order valence-corrected chi connectivity index (χ2v) is 5.78. The third-order valence-corrected chi connectivity index (χ3v) is 4.54. The molecule has 1 aliphatic carbocycles. The smallest absolute Gasteiger partial charge is 0.134 e. The van der Waals surface area contributed by atoms with Crippen LogP contribution >= 0.6 is 0 Å². The van der Waals surface area contributed by atoms with Gasteiger partial charge in [-0.2, -0.15) is 0 Å². The molecule has 1 saturated carbocycles. The highest BCUT2D eigenvalue weighted by atomic mass is 16.6. The van der Waals surface area contributed by atoms with E-state index >= 15 is 0 Å². The summed E-state index contributed by atoms with van der Waals surface area (Å²) in [6.45, 7) is 4.67. The van der Waals surface area contributed by atoms with Crippen molar-refractivity contribution in [2.45, 2.75) is 44.8 Å². The van der Waals surface area contributed by atoms with Gasteiger partial charge in [0.05, 0.1) is 11.8 Å². The lowest BCUT2D eigenvalue weighted by Gasteiger charge is -2.27. The Balaban J connectivity index is 1.79. The maximum Gasteiger partial charge on any atom is 0.134 e. The van der Waals surface area contributed by atoms with Crippen LogP contribution < -0.4 is 0 Å². The third-order valence-electron chi connectivity index (χ3n) is 4.54. The summed E-state index contributed by atoms with van der Waals surface area (Å²) >= 11 is 0. The molecule has 3 rings (SSSR count). The zero-order valence-corrected chi connectivity index (χ0v) is 10.4. The number of aryl methyl sites for hydroxylation is 1. The molecule has 3 atom stereocenters. The van der Waals surface area contributed by atoms with E-state index in [-0.39, 0.29) is 5.60 Å². The zero-order valence-electron chi connectivity index (χ0n) is 10.4. The van der Waals surface area contributed by atoms with Crippen molar-refractivity contribution in [2.24, 2.45) is 18.9 Å². The van der Waals surface area contributed by atoms with E-state index in [9.17, 15) is 0 Å². The lowest BCUT2D eigenvalue weighted by atomic mass is 9.76. The Kier molecular flexibility index (Phi) is 2.19. The molecule has 16 heavy (non-hydrogen) atoms. The number of epoxide rings is 1. The minimum absolute atomic E-state index is 0.0869. The van der Waals surface area contributed by atoms with Gasteiger partial charge >= 0.3 is 0 Å². The minimum atomic E-state index is 0.0869. The topological polar surface area (TPSA) is 17.5 Å². The number of ether oxygens (including phenoxy) is 1. The molecule has 1 aliphatic heterocycles. The predicted octanol–water partition coefficient (Wildman–Crippen LogP) is 3.08. The standard InChI is InChI=1S/C14H21NO/c1-10(2)11-6-7-14(13(9-11)16-14)12-5-4-8-15(12)3/h4-5,8,10-11,13H,6-7,9H2,1-3H3. The Morgan fingerprint density at radius 3 is 2.88 bits per heavy atom. The van der Waals surface area contributed by atoms with Crippen LogP contribution in [0.1, 0.15) is 38.8 Å². The van der Waals surface area contributed by atoms with Crippen molar-refractivity contribution in [3.8, 4) is 0 Å². The van der Waals surface area contributed by atoms with Crippen LogP contribution in [-0.4, -0.2) is 10.7 Å². The highest BCUT2D eigenvalue weighted by Crippen LogP contribution is 2.57. The molecule has 0 aromatic carbocycles. The van der Waals surface area contributed by atoms with Crippen molar-refractivity contribution in [2.75, 3.05) is 0 Å². The van der Waals surface area contributed by atoms with E-state index in [1.807, 2.05) is 0 Å². The SMILES string of the molecule is CC(C)C1CCC2(c3cccn3C)OC2C1. The Morgan fingerprint density at radius 1 is 1.50 bits per heavy atom. The first-order valence-corrected chi connectivity index (χ1v) is 6.43. The van der Waals surface area contributed by atoms with Gasteiger partial charge in [0, 0.05) is 13.2 Å². The molecule has 0 radical (unpaired) electrons. The first kappa shape index (κ1) is 10.4. The molecule has 1 saturated heterocycles. The van der Waals surface area contributed by atoms with Crippen LogP contribution in [-0.2, 0) is 17.4 Å². The quantitative estimate of drug-likeness (QED) is 0.699. The molecule has 3 unspecified atom stereocenters. The van der Waals surface area contributed by atoms with Crippen molar-refractivity contribution in [1.82, 2.24) is 4.57 Å². The van der Waals surface area contributed by atoms with Gasteiger partial charge in [0.15, 0.2) is 0 Å². The average molecular weight is 219 g/mol. The summed E-state index contributed by atoms with van der Waals surface area (Å²) in [5.41, 5.74) is 1.46. The highest BCUT2D eigenvalue weighted by Gasteiger charge is 2.61. The first-order chi connectivity index (χ1) is 7.63. The Morgan fingerprint density at radius 2 is 2.31 bits per heavy atom. The van der Waals surface area contributed by atoms with Crippen LogP contribution in [0.5, 0.6) is 0 Å². The van der Waals surface area contributed by atoms with Crippen molar-refractivity contribution in [3.05, 3.63) is 24.0 Å². The van der Waals surface area contributed by atoms with Gasteiger partial charge in [-0.1, -0.05) is 13.8 Å².